The van der Waals surface area contributed by atoms with Crippen LogP contribution in [0.15, 0.2) is 63.1 Å². The average Bonchev–Trinajstić information content (AvgIpc) is 3.20. The molecule has 1 aromatic heterocycles. The maximum absolute atomic E-state index is 12.6. The predicted molar refractivity (Wildman–Crippen MR) is 121 cm³/mol. The Morgan fingerprint density at radius 1 is 1.12 bits per heavy atom. The third-order valence-electron chi connectivity index (χ3n) is 4.41. The normalized spacial score (nSPS) is 11.6. The number of thioether (sulfide) groups is 1. The van der Waals surface area contributed by atoms with Crippen molar-refractivity contribution in [3.63, 3.8) is 0 Å². The van der Waals surface area contributed by atoms with Gasteiger partial charge >= 0.3 is 5.97 Å². The minimum absolute atomic E-state index is 0.0717. The SMILES string of the molecule is CCN(CC)S(=O)(=O)c1cccc(NC(=O)COC(=O)CSc2nc3ccccc3o2)c1. The van der Waals surface area contributed by atoms with Crippen LogP contribution in [-0.4, -0.2) is 55.0 Å². The van der Waals surface area contributed by atoms with Crippen LogP contribution in [-0.2, 0) is 24.3 Å². The van der Waals surface area contributed by atoms with E-state index in [0.29, 0.717) is 35.1 Å². The van der Waals surface area contributed by atoms with Gasteiger partial charge in [0, 0.05) is 18.8 Å². The first-order valence-corrected chi connectivity index (χ1v) is 12.3. The summed E-state index contributed by atoms with van der Waals surface area (Å²) >= 11 is 1.07. The quantitative estimate of drug-likeness (QED) is 0.349. The van der Waals surface area contributed by atoms with Gasteiger partial charge in [0.1, 0.15) is 11.3 Å². The van der Waals surface area contributed by atoms with E-state index in [1.54, 1.807) is 32.0 Å². The van der Waals surface area contributed by atoms with E-state index < -0.39 is 28.5 Å². The molecule has 0 spiro atoms. The van der Waals surface area contributed by atoms with Gasteiger partial charge in [0.05, 0.1) is 4.90 Å². The number of anilines is 1. The molecule has 3 aromatic rings. The third kappa shape index (κ3) is 5.87. The molecular formula is C21H23N3O6S2. The fourth-order valence-corrected chi connectivity index (χ4v) is 5.01. The number of amides is 1. The number of nitrogens with zero attached hydrogens (tertiary/aromatic N) is 2. The Kier molecular flexibility index (Phi) is 7.89. The molecule has 0 unspecified atom stereocenters. The fourth-order valence-electron chi connectivity index (χ4n) is 2.87. The lowest BCUT2D eigenvalue weighted by Gasteiger charge is -2.18. The highest BCUT2D eigenvalue weighted by atomic mass is 32.2. The second kappa shape index (κ2) is 10.6. The molecule has 0 saturated heterocycles. The number of sulfonamides is 1. The Hall–Kier alpha value is -2.89. The van der Waals surface area contributed by atoms with E-state index in [-0.39, 0.29) is 10.6 Å². The van der Waals surface area contributed by atoms with E-state index in [1.807, 2.05) is 12.1 Å². The summed E-state index contributed by atoms with van der Waals surface area (Å²) in [6, 6.07) is 13.2. The lowest BCUT2D eigenvalue weighted by molar-refractivity contribution is -0.144. The van der Waals surface area contributed by atoms with E-state index in [0.717, 1.165) is 11.8 Å². The molecule has 11 heteroatoms. The van der Waals surface area contributed by atoms with Crippen molar-refractivity contribution >= 4 is 50.4 Å². The summed E-state index contributed by atoms with van der Waals surface area (Å²) in [5, 5.41) is 2.87. The summed E-state index contributed by atoms with van der Waals surface area (Å²) < 4.78 is 37.0. The van der Waals surface area contributed by atoms with Crippen molar-refractivity contribution < 1.29 is 27.2 Å². The van der Waals surface area contributed by atoms with Crippen LogP contribution in [0.5, 0.6) is 0 Å². The molecule has 3 rings (SSSR count). The van der Waals surface area contributed by atoms with Crippen LogP contribution in [0.25, 0.3) is 11.1 Å². The number of nitrogens with one attached hydrogen (secondary N) is 1. The van der Waals surface area contributed by atoms with Crippen molar-refractivity contribution in [2.45, 2.75) is 24.0 Å². The Labute approximate surface area is 190 Å². The largest absolute Gasteiger partial charge is 0.455 e. The van der Waals surface area contributed by atoms with Gasteiger partial charge in [-0.1, -0.05) is 43.8 Å². The maximum atomic E-state index is 12.6. The van der Waals surface area contributed by atoms with Gasteiger partial charge in [0.15, 0.2) is 12.2 Å². The number of oxazole rings is 1. The molecule has 0 bridgehead atoms. The summed E-state index contributed by atoms with van der Waals surface area (Å²) in [5.74, 6) is -1.26. The van der Waals surface area contributed by atoms with Crippen molar-refractivity contribution in [3.8, 4) is 0 Å². The van der Waals surface area contributed by atoms with Gasteiger partial charge in [-0.25, -0.2) is 13.4 Å². The van der Waals surface area contributed by atoms with Crippen molar-refractivity contribution in [3.05, 3.63) is 48.5 Å². The molecular weight excluding hydrogens is 454 g/mol. The minimum atomic E-state index is -3.65. The lowest BCUT2D eigenvalue weighted by Crippen LogP contribution is -2.30. The van der Waals surface area contributed by atoms with Crippen LogP contribution < -0.4 is 5.32 Å². The molecule has 1 heterocycles. The number of carbonyl (C=O) groups excluding carboxylic acids is 2. The maximum Gasteiger partial charge on any atom is 0.316 e. The van der Waals surface area contributed by atoms with Crippen LogP contribution in [0, 0.1) is 0 Å². The topological polar surface area (TPSA) is 119 Å². The Morgan fingerprint density at radius 3 is 2.59 bits per heavy atom. The fraction of sp³-hybridized carbons (Fsp3) is 0.286. The monoisotopic (exact) mass is 477 g/mol. The number of esters is 1. The second-order valence-electron chi connectivity index (χ2n) is 6.56. The molecule has 32 heavy (non-hydrogen) atoms. The van der Waals surface area contributed by atoms with Crippen LogP contribution in [0.4, 0.5) is 5.69 Å². The number of benzene rings is 2. The second-order valence-corrected chi connectivity index (χ2v) is 9.43. The first-order valence-electron chi connectivity index (χ1n) is 9.87. The Bertz CT molecular complexity index is 1170. The average molecular weight is 478 g/mol. The van der Waals surface area contributed by atoms with Crippen LogP contribution >= 0.6 is 11.8 Å². The number of hydrogen-bond donors (Lipinski definition) is 1. The van der Waals surface area contributed by atoms with Gasteiger partial charge in [0.2, 0.25) is 10.0 Å². The number of aromatic nitrogens is 1. The zero-order chi connectivity index (χ0) is 23.1. The van der Waals surface area contributed by atoms with Crippen LogP contribution in [0.1, 0.15) is 13.8 Å². The highest BCUT2D eigenvalue weighted by molar-refractivity contribution is 7.99. The van der Waals surface area contributed by atoms with Crippen LogP contribution in [0.3, 0.4) is 0 Å². The van der Waals surface area contributed by atoms with E-state index in [1.165, 1.54) is 22.5 Å². The molecule has 0 saturated carbocycles. The van der Waals surface area contributed by atoms with Gasteiger partial charge in [-0.2, -0.15) is 4.31 Å². The number of hydrogen-bond acceptors (Lipinski definition) is 8. The number of para-hydroxylation sites is 2. The van der Waals surface area contributed by atoms with Gasteiger partial charge in [-0.3, -0.25) is 9.59 Å². The van der Waals surface area contributed by atoms with Crippen molar-refractivity contribution in [1.82, 2.24) is 9.29 Å². The molecule has 1 amide bonds. The summed E-state index contributed by atoms with van der Waals surface area (Å²) in [4.78, 5) is 28.4. The first kappa shape index (κ1) is 23.8. The van der Waals surface area contributed by atoms with Gasteiger partial charge < -0.3 is 14.5 Å². The number of ether oxygens (including phenoxy) is 1. The van der Waals surface area contributed by atoms with Gasteiger partial charge in [-0.15, -0.1) is 0 Å². The van der Waals surface area contributed by atoms with Crippen LogP contribution in [0.2, 0.25) is 0 Å². The Morgan fingerprint density at radius 2 is 1.88 bits per heavy atom. The summed E-state index contributed by atoms with van der Waals surface area (Å²) in [6.07, 6.45) is 0. The molecule has 1 N–H and O–H groups in total. The summed E-state index contributed by atoms with van der Waals surface area (Å²) in [5.41, 5.74) is 1.60. The van der Waals surface area contributed by atoms with E-state index in [2.05, 4.69) is 10.3 Å². The first-order chi connectivity index (χ1) is 15.3. The zero-order valence-corrected chi connectivity index (χ0v) is 19.2. The smallest absolute Gasteiger partial charge is 0.316 e. The van der Waals surface area contributed by atoms with Crippen molar-refractivity contribution in [1.29, 1.82) is 0 Å². The standard InChI is InChI=1S/C21H23N3O6S2/c1-3-24(4-2)32(27,28)16-9-7-8-15(12-16)22-19(25)13-29-20(26)14-31-21-23-17-10-5-6-11-18(17)30-21/h5-12H,3-4,13-14H2,1-2H3,(H,22,25). The van der Waals surface area contributed by atoms with Crippen molar-refractivity contribution in [2.75, 3.05) is 30.8 Å². The van der Waals surface area contributed by atoms with Gasteiger partial charge in [0.25, 0.3) is 11.1 Å². The molecule has 0 aliphatic carbocycles. The number of carbonyl (C=O) groups is 2. The highest BCUT2D eigenvalue weighted by Gasteiger charge is 2.22. The van der Waals surface area contributed by atoms with E-state index >= 15 is 0 Å². The molecule has 9 nitrogen and oxygen atoms in total. The molecule has 170 valence electrons. The third-order valence-corrected chi connectivity index (χ3v) is 7.26. The molecule has 0 radical (unpaired) electrons. The predicted octanol–water partition coefficient (Wildman–Crippen LogP) is 3.13. The molecule has 0 aliphatic heterocycles. The summed E-state index contributed by atoms with van der Waals surface area (Å²) in [7, 11) is -3.65. The van der Waals surface area contributed by atoms with E-state index in [4.69, 9.17) is 9.15 Å². The molecule has 0 aliphatic rings. The van der Waals surface area contributed by atoms with E-state index in [9.17, 15) is 18.0 Å². The Balaban J connectivity index is 1.50. The number of fused-ring (bicyclic) bond motifs is 1. The molecule has 0 fully saturated rings. The summed E-state index contributed by atoms with van der Waals surface area (Å²) in [6.45, 7) is 3.69. The highest BCUT2D eigenvalue weighted by Crippen LogP contribution is 2.23. The molecule has 0 atom stereocenters. The zero-order valence-electron chi connectivity index (χ0n) is 17.6. The minimum Gasteiger partial charge on any atom is -0.455 e. The van der Waals surface area contributed by atoms with Gasteiger partial charge in [-0.05, 0) is 30.3 Å². The number of rotatable bonds is 10. The molecule has 2 aromatic carbocycles. The van der Waals surface area contributed by atoms with Crippen molar-refractivity contribution in [2.24, 2.45) is 0 Å². The lowest BCUT2D eigenvalue weighted by atomic mass is 10.3.